The summed E-state index contributed by atoms with van der Waals surface area (Å²) in [5, 5.41) is 22.4. The molecule has 0 aliphatic carbocycles. The van der Waals surface area contributed by atoms with Crippen molar-refractivity contribution < 1.29 is 10.2 Å². The number of hydrogen-bond donors (Lipinski definition) is 3. The average molecular weight is 243 g/mol. The molecule has 1 atom stereocenters. The molecule has 94 valence electrons. The van der Waals surface area contributed by atoms with Gasteiger partial charge in [-0.15, -0.1) is 0 Å². The second-order valence-corrected chi connectivity index (χ2v) is 4.48. The van der Waals surface area contributed by atoms with E-state index >= 15 is 0 Å². The van der Waals surface area contributed by atoms with E-state index in [9.17, 15) is 10.2 Å². The monoisotopic (exact) mass is 243 g/mol. The minimum atomic E-state index is -0.0348. The molecule has 0 radical (unpaired) electrons. The van der Waals surface area contributed by atoms with Crippen LogP contribution in [0.2, 0.25) is 0 Å². The van der Waals surface area contributed by atoms with E-state index in [4.69, 9.17) is 0 Å². The maximum atomic E-state index is 9.79. The van der Waals surface area contributed by atoms with Gasteiger partial charge in [0.25, 0.3) is 0 Å². The molecule has 3 heteroatoms. The lowest BCUT2D eigenvalue weighted by molar-refractivity contribution is 0.444. The molecule has 0 aliphatic rings. The zero-order chi connectivity index (χ0) is 13.1. The second kappa shape index (κ2) is 5.00. The summed E-state index contributed by atoms with van der Waals surface area (Å²) in [5.41, 5.74) is 2.95. The highest BCUT2D eigenvalue weighted by Crippen LogP contribution is 2.29. The van der Waals surface area contributed by atoms with Gasteiger partial charge in [0.1, 0.15) is 11.5 Å². The minimum absolute atomic E-state index is 0.0348. The summed E-state index contributed by atoms with van der Waals surface area (Å²) in [4.78, 5) is 0. The molecule has 0 heterocycles. The predicted molar refractivity (Wildman–Crippen MR) is 73.0 cm³/mol. The molecule has 3 N–H and O–H groups in total. The van der Waals surface area contributed by atoms with Crippen LogP contribution in [0.3, 0.4) is 0 Å². The maximum Gasteiger partial charge on any atom is 0.124 e. The molecular weight excluding hydrogens is 226 g/mol. The van der Waals surface area contributed by atoms with Gasteiger partial charge in [0, 0.05) is 17.3 Å². The number of anilines is 1. The predicted octanol–water partition coefficient (Wildman–Crippen LogP) is 3.58. The van der Waals surface area contributed by atoms with Gasteiger partial charge >= 0.3 is 0 Å². The van der Waals surface area contributed by atoms with Crippen molar-refractivity contribution in [2.75, 3.05) is 5.32 Å². The quantitative estimate of drug-likeness (QED) is 0.772. The van der Waals surface area contributed by atoms with Gasteiger partial charge in [-0.2, -0.15) is 0 Å². The number of rotatable bonds is 3. The van der Waals surface area contributed by atoms with Crippen molar-refractivity contribution >= 4 is 5.69 Å². The smallest absolute Gasteiger partial charge is 0.124 e. The number of benzene rings is 2. The van der Waals surface area contributed by atoms with Gasteiger partial charge in [-0.3, -0.25) is 0 Å². The standard InChI is InChI=1S/C15H17NO2/c1-10-4-3-5-12(8-10)16-11(2)14-7-6-13(17)9-15(14)18/h3-9,11,16-18H,1-2H3. The Morgan fingerprint density at radius 3 is 2.50 bits per heavy atom. The van der Waals surface area contributed by atoms with Crippen molar-refractivity contribution in [1.29, 1.82) is 0 Å². The molecular formula is C15H17NO2. The molecule has 0 saturated heterocycles. The van der Waals surface area contributed by atoms with Crippen LogP contribution >= 0.6 is 0 Å². The zero-order valence-corrected chi connectivity index (χ0v) is 10.5. The fraction of sp³-hybridized carbons (Fsp3) is 0.200. The van der Waals surface area contributed by atoms with Crippen LogP contribution in [0.5, 0.6) is 11.5 Å². The van der Waals surface area contributed by atoms with Crippen LogP contribution in [0.1, 0.15) is 24.1 Å². The number of nitrogens with one attached hydrogen (secondary N) is 1. The normalized spacial score (nSPS) is 12.1. The summed E-state index contributed by atoms with van der Waals surface area (Å²) in [6.07, 6.45) is 0. The van der Waals surface area contributed by atoms with E-state index in [1.165, 1.54) is 11.6 Å². The van der Waals surface area contributed by atoms with Crippen molar-refractivity contribution in [1.82, 2.24) is 0 Å². The van der Waals surface area contributed by atoms with Gasteiger partial charge in [-0.1, -0.05) is 12.1 Å². The van der Waals surface area contributed by atoms with E-state index in [2.05, 4.69) is 5.32 Å². The van der Waals surface area contributed by atoms with Crippen molar-refractivity contribution in [2.45, 2.75) is 19.9 Å². The molecule has 3 nitrogen and oxygen atoms in total. The van der Waals surface area contributed by atoms with Crippen LogP contribution in [0.15, 0.2) is 42.5 Å². The molecule has 1 unspecified atom stereocenters. The van der Waals surface area contributed by atoms with Crippen LogP contribution < -0.4 is 5.32 Å². The van der Waals surface area contributed by atoms with Crippen molar-refractivity contribution in [2.24, 2.45) is 0 Å². The van der Waals surface area contributed by atoms with Crippen LogP contribution in [-0.4, -0.2) is 10.2 Å². The number of hydrogen-bond acceptors (Lipinski definition) is 3. The van der Waals surface area contributed by atoms with Crippen LogP contribution in [0.25, 0.3) is 0 Å². The Kier molecular flexibility index (Phi) is 3.42. The first-order valence-corrected chi connectivity index (χ1v) is 5.91. The fourth-order valence-electron chi connectivity index (χ4n) is 1.96. The van der Waals surface area contributed by atoms with Crippen LogP contribution in [0.4, 0.5) is 5.69 Å². The minimum Gasteiger partial charge on any atom is -0.508 e. The van der Waals surface area contributed by atoms with Crippen molar-refractivity contribution in [3.05, 3.63) is 53.6 Å². The Bertz CT molecular complexity index is 552. The third kappa shape index (κ3) is 2.74. The lowest BCUT2D eigenvalue weighted by Gasteiger charge is -2.17. The maximum absolute atomic E-state index is 9.79. The molecule has 2 aromatic carbocycles. The molecule has 2 rings (SSSR count). The second-order valence-electron chi connectivity index (χ2n) is 4.48. The Morgan fingerprint density at radius 1 is 1.06 bits per heavy atom. The van der Waals surface area contributed by atoms with E-state index < -0.39 is 0 Å². The first-order valence-electron chi connectivity index (χ1n) is 5.91. The number of phenolic OH excluding ortho intramolecular Hbond substituents is 2. The Morgan fingerprint density at radius 2 is 1.83 bits per heavy atom. The number of phenols is 2. The lowest BCUT2D eigenvalue weighted by atomic mass is 10.1. The molecule has 0 fully saturated rings. The Balaban J connectivity index is 2.19. The molecule has 0 bridgehead atoms. The summed E-state index contributed by atoms with van der Waals surface area (Å²) in [6.45, 7) is 4.00. The van der Waals surface area contributed by atoms with Crippen molar-refractivity contribution in [3.63, 3.8) is 0 Å². The van der Waals surface area contributed by atoms with E-state index in [0.717, 1.165) is 11.3 Å². The summed E-state index contributed by atoms with van der Waals surface area (Å²) < 4.78 is 0. The molecule has 0 spiro atoms. The molecule has 0 amide bonds. The van der Waals surface area contributed by atoms with E-state index in [1.54, 1.807) is 12.1 Å². The zero-order valence-electron chi connectivity index (χ0n) is 10.5. The first kappa shape index (κ1) is 12.3. The highest BCUT2D eigenvalue weighted by atomic mass is 16.3. The summed E-state index contributed by atoms with van der Waals surface area (Å²) in [7, 11) is 0. The van der Waals surface area contributed by atoms with Gasteiger partial charge in [-0.05, 0) is 43.7 Å². The summed E-state index contributed by atoms with van der Waals surface area (Å²) in [6, 6.07) is 12.7. The first-order chi connectivity index (χ1) is 8.56. The molecule has 18 heavy (non-hydrogen) atoms. The molecule has 2 aromatic rings. The summed E-state index contributed by atoms with van der Waals surface area (Å²) >= 11 is 0. The lowest BCUT2D eigenvalue weighted by Crippen LogP contribution is -2.06. The molecule has 0 aromatic heterocycles. The average Bonchev–Trinajstić information content (AvgIpc) is 2.28. The Hall–Kier alpha value is -2.16. The van der Waals surface area contributed by atoms with Gasteiger partial charge in [0.15, 0.2) is 0 Å². The van der Waals surface area contributed by atoms with Crippen LogP contribution in [0, 0.1) is 6.92 Å². The van der Waals surface area contributed by atoms with Crippen LogP contribution in [-0.2, 0) is 0 Å². The Labute approximate surface area is 107 Å². The highest BCUT2D eigenvalue weighted by Gasteiger charge is 2.10. The third-order valence-corrected chi connectivity index (χ3v) is 2.88. The fourth-order valence-corrected chi connectivity index (χ4v) is 1.96. The van der Waals surface area contributed by atoms with E-state index in [0.29, 0.717) is 0 Å². The van der Waals surface area contributed by atoms with Gasteiger partial charge in [0.2, 0.25) is 0 Å². The van der Waals surface area contributed by atoms with Gasteiger partial charge < -0.3 is 15.5 Å². The number of aryl methyl sites for hydroxylation is 1. The largest absolute Gasteiger partial charge is 0.508 e. The molecule has 0 aliphatic heterocycles. The van der Waals surface area contributed by atoms with Crippen molar-refractivity contribution in [3.8, 4) is 11.5 Å². The van der Waals surface area contributed by atoms with E-state index in [-0.39, 0.29) is 17.5 Å². The number of aromatic hydroxyl groups is 2. The SMILES string of the molecule is Cc1cccc(NC(C)c2ccc(O)cc2O)c1. The topological polar surface area (TPSA) is 52.5 Å². The van der Waals surface area contributed by atoms with E-state index in [1.807, 2.05) is 38.1 Å². The summed E-state index contributed by atoms with van der Waals surface area (Å²) in [5.74, 6) is 0.168. The molecule has 0 saturated carbocycles. The highest BCUT2D eigenvalue weighted by molar-refractivity contribution is 5.50. The van der Waals surface area contributed by atoms with Gasteiger partial charge in [-0.25, -0.2) is 0 Å². The van der Waals surface area contributed by atoms with Gasteiger partial charge in [0.05, 0.1) is 6.04 Å². The third-order valence-electron chi connectivity index (χ3n) is 2.88.